The van der Waals surface area contributed by atoms with Gasteiger partial charge in [0.25, 0.3) is 0 Å². The molecule has 1 unspecified atom stereocenters. The van der Waals surface area contributed by atoms with Crippen LogP contribution in [-0.4, -0.2) is 17.7 Å². The molecule has 1 atom stereocenters. The van der Waals surface area contributed by atoms with Crippen LogP contribution in [0.2, 0.25) is 0 Å². The van der Waals surface area contributed by atoms with E-state index in [1.807, 2.05) is 43.3 Å². The van der Waals surface area contributed by atoms with Crippen LogP contribution in [0.3, 0.4) is 0 Å². The predicted molar refractivity (Wildman–Crippen MR) is 113 cm³/mol. The number of amides is 3. The summed E-state index contributed by atoms with van der Waals surface area (Å²) in [4.78, 5) is 36.1. The highest BCUT2D eigenvalue weighted by atomic mass is 79.9. The summed E-state index contributed by atoms with van der Waals surface area (Å²) in [6.45, 7) is 1.94. The lowest BCUT2D eigenvalue weighted by Gasteiger charge is -2.35. The molecule has 1 heterocycles. The lowest BCUT2D eigenvalue weighted by Crippen LogP contribution is -2.51. The Morgan fingerprint density at radius 2 is 1.89 bits per heavy atom. The first-order valence-corrected chi connectivity index (χ1v) is 9.92. The number of benzene rings is 2. The van der Waals surface area contributed by atoms with Crippen molar-refractivity contribution in [3.8, 4) is 0 Å². The Balaban J connectivity index is 1.70. The molecule has 2 N–H and O–H groups in total. The zero-order valence-electron chi connectivity index (χ0n) is 15.5. The summed E-state index contributed by atoms with van der Waals surface area (Å²) < 4.78 is 0.914. The van der Waals surface area contributed by atoms with Crippen molar-refractivity contribution in [3.05, 3.63) is 70.2 Å². The Morgan fingerprint density at radius 3 is 2.54 bits per heavy atom. The average molecular weight is 441 g/mol. The van der Waals surface area contributed by atoms with Crippen molar-refractivity contribution in [1.82, 2.24) is 5.32 Å². The van der Waals surface area contributed by atoms with Gasteiger partial charge in [-0.1, -0.05) is 53.2 Å². The Hall–Kier alpha value is -2.73. The zero-order chi connectivity index (χ0) is 20.1. The monoisotopic (exact) mass is 440 g/mol. The van der Waals surface area contributed by atoms with E-state index in [2.05, 4.69) is 26.6 Å². The summed E-state index contributed by atoms with van der Waals surface area (Å²) in [5, 5.41) is 5.26. The van der Waals surface area contributed by atoms with E-state index in [0.29, 0.717) is 24.9 Å². The van der Waals surface area contributed by atoms with Crippen molar-refractivity contribution in [2.24, 2.45) is 0 Å². The minimum Gasteiger partial charge on any atom is -0.323 e. The minimum absolute atomic E-state index is 0.227. The highest BCUT2D eigenvalue weighted by Gasteiger charge is 2.42. The van der Waals surface area contributed by atoms with Crippen LogP contribution in [0.5, 0.6) is 0 Å². The number of hydrogen-bond acceptors (Lipinski definition) is 3. The van der Waals surface area contributed by atoms with Crippen LogP contribution in [0.1, 0.15) is 37.3 Å². The Kier molecular flexibility index (Phi) is 6.09. The third kappa shape index (κ3) is 4.22. The van der Waals surface area contributed by atoms with Crippen LogP contribution in [0.15, 0.2) is 59.1 Å². The standard InChI is InChI=1S/C22H21BrN2O3/c1-2-22(14-13-20(27)25-21(22)28)16-8-10-17(11-9-16)24-19(26)12-7-15-5-3-4-6-18(15)23/h3-12H,2,13-14H2,1H3,(H,24,26)(H,25,27,28). The third-order valence-electron chi connectivity index (χ3n) is 5.09. The summed E-state index contributed by atoms with van der Waals surface area (Å²) in [6.07, 6.45) is 4.64. The van der Waals surface area contributed by atoms with E-state index < -0.39 is 5.41 Å². The second-order valence-corrected chi connectivity index (χ2v) is 7.59. The first kappa shape index (κ1) is 20.0. The van der Waals surface area contributed by atoms with E-state index in [4.69, 9.17) is 0 Å². The molecule has 144 valence electrons. The van der Waals surface area contributed by atoms with E-state index >= 15 is 0 Å². The molecule has 0 spiro atoms. The molecule has 6 heteroatoms. The van der Waals surface area contributed by atoms with Crippen LogP contribution < -0.4 is 10.6 Å². The quantitative estimate of drug-likeness (QED) is 0.540. The van der Waals surface area contributed by atoms with E-state index in [1.54, 1.807) is 18.2 Å². The maximum absolute atomic E-state index is 12.5. The fraction of sp³-hybridized carbons (Fsp3) is 0.227. The summed E-state index contributed by atoms with van der Waals surface area (Å²) in [5.74, 6) is -0.719. The molecule has 3 amide bonds. The second kappa shape index (κ2) is 8.52. The number of piperidine rings is 1. The normalized spacial score (nSPS) is 19.5. The van der Waals surface area contributed by atoms with Crippen molar-refractivity contribution < 1.29 is 14.4 Å². The molecule has 5 nitrogen and oxygen atoms in total. The van der Waals surface area contributed by atoms with E-state index in [-0.39, 0.29) is 17.7 Å². The molecule has 0 radical (unpaired) electrons. The SMILES string of the molecule is CCC1(c2ccc(NC(=O)C=Cc3ccccc3Br)cc2)CCC(=O)NC1=O. The number of hydrogen-bond donors (Lipinski definition) is 2. The van der Waals surface area contributed by atoms with Gasteiger partial charge < -0.3 is 5.32 Å². The van der Waals surface area contributed by atoms with Crippen LogP contribution >= 0.6 is 15.9 Å². The smallest absolute Gasteiger partial charge is 0.248 e. The number of nitrogens with one attached hydrogen (secondary N) is 2. The average Bonchev–Trinajstić information content (AvgIpc) is 2.69. The van der Waals surface area contributed by atoms with Crippen molar-refractivity contribution in [1.29, 1.82) is 0 Å². The molecule has 2 aromatic rings. The van der Waals surface area contributed by atoms with Gasteiger partial charge in [0.1, 0.15) is 0 Å². The first-order valence-electron chi connectivity index (χ1n) is 9.13. The Bertz CT molecular complexity index is 937. The lowest BCUT2D eigenvalue weighted by molar-refractivity contribution is -0.138. The van der Waals surface area contributed by atoms with Crippen molar-refractivity contribution >= 4 is 45.4 Å². The van der Waals surface area contributed by atoms with Crippen LogP contribution in [-0.2, 0) is 19.8 Å². The maximum atomic E-state index is 12.5. The Morgan fingerprint density at radius 1 is 1.18 bits per heavy atom. The number of rotatable bonds is 5. The van der Waals surface area contributed by atoms with Gasteiger partial charge in [0.2, 0.25) is 17.7 Å². The van der Waals surface area contributed by atoms with Gasteiger partial charge in [-0.3, -0.25) is 19.7 Å². The van der Waals surface area contributed by atoms with Crippen LogP contribution in [0.25, 0.3) is 6.08 Å². The second-order valence-electron chi connectivity index (χ2n) is 6.73. The fourth-order valence-corrected chi connectivity index (χ4v) is 3.82. The first-order chi connectivity index (χ1) is 13.4. The summed E-state index contributed by atoms with van der Waals surface area (Å²) in [5.41, 5.74) is 1.71. The van der Waals surface area contributed by atoms with Crippen molar-refractivity contribution in [3.63, 3.8) is 0 Å². The van der Waals surface area contributed by atoms with E-state index in [9.17, 15) is 14.4 Å². The molecule has 1 aliphatic rings. The molecule has 1 saturated heterocycles. The number of imide groups is 1. The number of carbonyl (C=O) groups is 3. The van der Waals surface area contributed by atoms with Gasteiger partial charge in [0.15, 0.2) is 0 Å². The highest BCUT2D eigenvalue weighted by Crippen LogP contribution is 2.36. The van der Waals surface area contributed by atoms with Gasteiger partial charge in [-0.15, -0.1) is 0 Å². The van der Waals surface area contributed by atoms with Crippen LogP contribution in [0.4, 0.5) is 5.69 Å². The molecule has 1 fully saturated rings. The molecular weight excluding hydrogens is 420 g/mol. The van der Waals surface area contributed by atoms with Gasteiger partial charge in [0.05, 0.1) is 5.41 Å². The molecule has 0 saturated carbocycles. The molecule has 1 aliphatic heterocycles. The topological polar surface area (TPSA) is 75.3 Å². The van der Waals surface area contributed by atoms with Gasteiger partial charge in [-0.2, -0.15) is 0 Å². The zero-order valence-corrected chi connectivity index (χ0v) is 17.1. The third-order valence-corrected chi connectivity index (χ3v) is 5.82. The highest BCUT2D eigenvalue weighted by molar-refractivity contribution is 9.10. The van der Waals surface area contributed by atoms with Crippen LogP contribution in [0, 0.1) is 0 Å². The summed E-state index contributed by atoms with van der Waals surface area (Å²) >= 11 is 3.44. The summed E-state index contributed by atoms with van der Waals surface area (Å²) in [6, 6.07) is 14.9. The Labute approximate surface area is 172 Å². The molecule has 2 aromatic carbocycles. The molecule has 28 heavy (non-hydrogen) atoms. The molecule has 0 bridgehead atoms. The van der Waals surface area contributed by atoms with Gasteiger partial charge >= 0.3 is 0 Å². The largest absolute Gasteiger partial charge is 0.323 e. The van der Waals surface area contributed by atoms with Crippen molar-refractivity contribution in [2.75, 3.05) is 5.32 Å². The number of carbonyl (C=O) groups excluding carboxylic acids is 3. The molecule has 3 rings (SSSR count). The minimum atomic E-state index is -0.698. The fourth-order valence-electron chi connectivity index (χ4n) is 3.40. The molecular formula is C22H21BrN2O3. The molecule has 0 aliphatic carbocycles. The summed E-state index contributed by atoms with van der Waals surface area (Å²) in [7, 11) is 0. The number of halogens is 1. The van der Waals surface area contributed by atoms with Gasteiger partial charge in [0, 0.05) is 22.7 Å². The molecule has 0 aromatic heterocycles. The van der Waals surface area contributed by atoms with Crippen molar-refractivity contribution in [2.45, 2.75) is 31.6 Å². The lowest BCUT2D eigenvalue weighted by atomic mass is 9.72. The van der Waals surface area contributed by atoms with Gasteiger partial charge in [-0.05, 0) is 48.2 Å². The number of anilines is 1. The predicted octanol–water partition coefficient (Wildman–Crippen LogP) is 4.19. The maximum Gasteiger partial charge on any atom is 0.248 e. The van der Waals surface area contributed by atoms with Gasteiger partial charge in [-0.25, -0.2) is 0 Å². The van der Waals surface area contributed by atoms with E-state index in [1.165, 1.54) is 6.08 Å². The van der Waals surface area contributed by atoms with E-state index in [0.717, 1.165) is 15.6 Å².